The Morgan fingerprint density at radius 1 is 1.07 bits per heavy atom. The molecule has 2 fully saturated rings. The standard InChI is InChI=1S/C24H25N3O/c28-24(20-7-9-21(10-8-20)27-12-11-25-16-27)13-17-3-5-19(6-4-17)22-14-23(22)26-15-18-1-2-18/h3-12,16,18,22-23,26H,1-2,13-15H2. The second kappa shape index (κ2) is 7.36. The maximum atomic E-state index is 12.6. The first-order valence-corrected chi connectivity index (χ1v) is 10.2. The van der Waals surface area contributed by atoms with Crippen LogP contribution in [0.4, 0.5) is 0 Å². The Kier molecular flexibility index (Phi) is 4.57. The minimum Gasteiger partial charge on any atom is -0.313 e. The number of Topliss-reactive ketones (excluding diaryl/α,β-unsaturated/α-hetero) is 1. The summed E-state index contributed by atoms with van der Waals surface area (Å²) in [5.41, 5.74) is 4.23. The third-order valence-corrected chi connectivity index (χ3v) is 5.92. The molecule has 0 saturated heterocycles. The molecule has 0 aliphatic heterocycles. The maximum Gasteiger partial charge on any atom is 0.167 e. The van der Waals surface area contributed by atoms with Gasteiger partial charge in [0.15, 0.2) is 5.78 Å². The van der Waals surface area contributed by atoms with Crippen molar-refractivity contribution in [2.24, 2.45) is 5.92 Å². The minimum atomic E-state index is 0.153. The molecule has 2 aromatic carbocycles. The summed E-state index contributed by atoms with van der Waals surface area (Å²) >= 11 is 0. The summed E-state index contributed by atoms with van der Waals surface area (Å²) in [6.45, 7) is 1.19. The highest BCUT2D eigenvalue weighted by molar-refractivity contribution is 5.97. The van der Waals surface area contributed by atoms with E-state index in [1.807, 2.05) is 35.0 Å². The number of benzene rings is 2. The number of rotatable bonds is 8. The van der Waals surface area contributed by atoms with Crippen molar-refractivity contribution in [2.45, 2.75) is 37.6 Å². The molecule has 0 amide bonds. The molecule has 28 heavy (non-hydrogen) atoms. The predicted octanol–water partition coefficient (Wildman–Crippen LogP) is 4.15. The van der Waals surface area contributed by atoms with Crippen molar-refractivity contribution >= 4 is 5.78 Å². The molecule has 2 saturated carbocycles. The lowest BCUT2D eigenvalue weighted by Crippen LogP contribution is -2.20. The molecule has 1 N–H and O–H groups in total. The third kappa shape index (κ3) is 3.92. The van der Waals surface area contributed by atoms with E-state index in [1.165, 1.54) is 31.4 Å². The van der Waals surface area contributed by atoms with E-state index in [0.29, 0.717) is 18.4 Å². The second-order valence-electron chi connectivity index (χ2n) is 8.16. The van der Waals surface area contributed by atoms with Gasteiger partial charge in [-0.05, 0) is 67.1 Å². The fraction of sp³-hybridized carbons (Fsp3) is 0.333. The van der Waals surface area contributed by atoms with Gasteiger partial charge in [-0.15, -0.1) is 0 Å². The molecular weight excluding hydrogens is 346 g/mol. The van der Waals surface area contributed by atoms with Crippen LogP contribution in [0.15, 0.2) is 67.3 Å². The fourth-order valence-electron chi connectivity index (χ4n) is 3.83. The zero-order chi connectivity index (χ0) is 18.9. The van der Waals surface area contributed by atoms with Gasteiger partial charge in [0.25, 0.3) is 0 Å². The van der Waals surface area contributed by atoms with Gasteiger partial charge in [0.05, 0.1) is 6.33 Å². The van der Waals surface area contributed by atoms with Gasteiger partial charge in [0, 0.05) is 42.0 Å². The Balaban J connectivity index is 1.17. The largest absolute Gasteiger partial charge is 0.313 e. The van der Waals surface area contributed by atoms with Crippen LogP contribution >= 0.6 is 0 Å². The average Bonchev–Trinajstić information content (AvgIpc) is 3.64. The van der Waals surface area contributed by atoms with Crippen LogP contribution in [0.25, 0.3) is 5.69 Å². The van der Waals surface area contributed by atoms with Crippen molar-refractivity contribution in [3.8, 4) is 5.69 Å². The molecule has 2 atom stereocenters. The number of carbonyl (C=O) groups excluding carboxylic acids is 1. The summed E-state index contributed by atoms with van der Waals surface area (Å²) in [7, 11) is 0. The quantitative estimate of drug-likeness (QED) is 0.605. The number of hydrogen-bond acceptors (Lipinski definition) is 3. The van der Waals surface area contributed by atoms with Crippen LogP contribution in [0.5, 0.6) is 0 Å². The zero-order valence-electron chi connectivity index (χ0n) is 15.9. The van der Waals surface area contributed by atoms with Gasteiger partial charge in [-0.3, -0.25) is 4.79 Å². The van der Waals surface area contributed by atoms with E-state index in [1.54, 1.807) is 12.5 Å². The molecule has 2 unspecified atom stereocenters. The molecular formula is C24H25N3O. The summed E-state index contributed by atoms with van der Waals surface area (Å²) < 4.78 is 1.93. The Bertz CT molecular complexity index is 941. The molecule has 2 aliphatic carbocycles. The van der Waals surface area contributed by atoms with Crippen LogP contribution in [0.1, 0.15) is 46.7 Å². The number of ketones is 1. The van der Waals surface area contributed by atoms with Gasteiger partial charge < -0.3 is 9.88 Å². The lowest BCUT2D eigenvalue weighted by Gasteiger charge is -2.06. The van der Waals surface area contributed by atoms with Crippen LogP contribution < -0.4 is 5.32 Å². The van der Waals surface area contributed by atoms with E-state index < -0.39 is 0 Å². The predicted molar refractivity (Wildman–Crippen MR) is 110 cm³/mol. The Hall–Kier alpha value is -2.72. The molecule has 1 aromatic heterocycles. The Morgan fingerprint density at radius 3 is 2.54 bits per heavy atom. The van der Waals surface area contributed by atoms with E-state index >= 15 is 0 Å². The summed E-state index contributed by atoms with van der Waals surface area (Å²) in [6, 6.07) is 17.0. The first-order chi connectivity index (χ1) is 13.8. The normalized spacial score (nSPS) is 20.9. The van der Waals surface area contributed by atoms with E-state index in [-0.39, 0.29) is 5.78 Å². The number of aromatic nitrogens is 2. The molecule has 2 aliphatic rings. The monoisotopic (exact) mass is 371 g/mol. The van der Waals surface area contributed by atoms with Gasteiger partial charge in [-0.1, -0.05) is 24.3 Å². The number of nitrogens with zero attached hydrogens (tertiary/aromatic N) is 2. The minimum absolute atomic E-state index is 0.153. The Labute approximate surface area is 165 Å². The highest BCUT2D eigenvalue weighted by Crippen LogP contribution is 2.41. The van der Waals surface area contributed by atoms with Crippen molar-refractivity contribution in [3.63, 3.8) is 0 Å². The van der Waals surface area contributed by atoms with Crippen LogP contribution in [0, 0.1) is 5.92 Å². The molecule has 5 rings (SSSR count). The smallest absolute Gasteiger partial charge is 0.167 e. The van der Waals surface area contributed by atoms with E-state index in [4.69, 9.17) is 0 Å². The number of nitrogens with one attached hydrogen (secondary N) is 1. The Morgan fingerprint density at radius 2 is 1.86 bits per heavy atom. The lowest BCUT2D eigenvalue weighted by molar-refractivity contribution is 0.0993. The molecule has 1 heterocycles. The summed E-state index contributed by atoms with van der Waals surface area (Å²) in [5.74, 6) is 1.74. The van der Waals surface area contributed by atoms with Crippen molar-refractivity contribution in [1.29, 1.82) is 0 Å². The third-order valence-electron chi connectivity index (χ3n) is 5.92. The lowest BCUT2D eigenvalue weighted by atomic mass is 10.0. The second-order valence-corrected chi connectivity index (χ2v) is 8.16. The number of hydrogen-bond donors (Lipinski definition) is 1. The summed E-state index contributed by atoms with van der Waals surface area (Å²) in [4.78, 5) is 16.7. The zero-order valence-corrected chi connectivity index (χ0v) is 15.9. The van der Waals surface area contributed by atoms with E-state index in [9.17, 15) is 4.79 Å². The highest BCUT2D eigenvalue weighted by atomic mass is 16.1. The topological polar surface area (TPSA) is 46.9 Å². The molecule has 0 spiro atoms. The summed E-state index contributed by atoms with van der Waals surface area (Å²) in [6.07, 6.45) is 9.89. The van der Waals surface area contributed by atoms with Gasteiger partial charge in [-0.2, -0.15) is 0 Å². The van der Waals surface area contributed by atoms with Crippen LogP contribution in [-0.4, -0.2) is 27.9 Å². The van der Waals surface area contributed by atoms with Crippen LogP contribution in [0.2, 0.25) is 0 Å². The molecule has 0 bridgehead atoms. The maximum absolute atomic E-state index is 12.6. The first kappa shape index (κ1) is 17.4. The number of imidazole rings is 1. The van der Waals surface area contributed by atoms with Crippen LogP contribution in [-0.2, 0) is 6.42 Å². The highest BCUT2D eigenvalue weighted by Gasteiger charge is 2.38. The van der Waals surface area contributed by atoms with Crippen molar-refractivity contribution in [2.75, 3.05) is 6.54 Å². The first-order valence-electron chi connectivity index (χ1n) is 10.2. The van der Waals surface area contributed by atoms with E-state index in [2.05, 4.69) is 34.6 Å². The van der Waals surface area contributed by atoms with Gasteiger partial charge in [0.2, 0.25) is 0 Å². The number of carbonyl (C=O) groups is 1. The fourth-order valence-corrected chi connectivity index (χ4v) is 3.83. The van der Waals surface area contributed by atoms with Crippen LogP contribution in [0.3, 0.4) is 0 Å². The molecule has 142 valence electrons. The summed E-state index contributed by atoms with van der Waals surface area (Å²) in [5, 5.41) is 3.69. The molecule has 4 nitrogen and oxygen atoms in total. The molecule has 3 aromatic rings. The van der Waals surface area contributed by atoms with Crippen molar-refractivity contribution in [3.05, 3.63) is 83.9 Å². The SMILES string of the molecule is O=C(Cc1ccc(C2CC2NCC2CC2)cc1)c1ccc(-n2ccnc2)cc1. The van der Waals surface area contributed by atoms with Crippen molar-refractivity contribution in [1.82, 2.24) is 14.9 Å². The van der Waals surface area contributed by atoms with Crippen molar-refractivity contribution < 1.29 is 4.79 Å². The molecule has 4 heteroatoms. The van der Waals surface area contributed by atoms with E-state index in [0.717, 1.165) is 22.7 Å². The van der Waals surface area contributed by atoms with Gasteiger partial charge in [-0.25, -0.2) is 4.98 Å². The van der Waals surface area contributed by atoms with Gasteiger partial charge in [0.1, 0.15) is 0 Å². The average molecular weight is 371 g/mol. The van der Waals surface area contributed by atoms with Gasteiger partial charge >= 0.3 is 0 Å². The molecule has 0 radical (unpaired) electrons.